The highest BCUT2D eigenvalue weighted by molar-refractivity contribution is 5.85. The smallest absolute Gasteiger partial charge is 0.328 e. The lowest BCUT2D eigenvalue weighted by Gasteiger charge is -2.06. The van der Waals surface area contributed by atoms with Crippen molar-refractivity contribution in [2.75, 3.05) is 0 Å². The molecule has 0 aliphatic rings. The summed E-state index contributed by atoms with van der Waals surface area (Å²) in [5.74, 6) is -1.69. The number of carboxylic acid groups (broad SMARTS) is 1. The third kappa shape index (κ3) is 4.00. The van der Waals surface area contributed by atoms with Crippen molar-refractivity contribution in [1.82, 2.24) is 9.55 Å². The molecule has 6 nitrogen and oxygen atoms in total. The predicted octanol–water partition coefficient (Wildman–Crippen LogP) is 0.822. The Morgan fingerprint density at radius 1 is 1.33 bits per heavy atom. The van der Waals surface area contributed by atoms with Crippen molar-refractivity contribution in [1.29, 1.82) is 0 Å². The quantitative estimate of drug-likeness (QED) is 0.815. The normalized spacial score (nSPS) is 10.9. The SMILES string of the molecule is O=C(O)C=Cc1cc(F)cc(Cn2ccc(=O)[nH]c2=O)c1. The lowest BCUT2D eigenvalue weighted by Crippen LogP contribution is -2.28. The number of carbonyl (C=O) groups is 1. The molecule has 1 heterocycles. The first-order valence-corrected chi connectivity index (χ1v) is 5.94. The van der Waals surface area contributed by atoms with Crippen LogP contribution in [0.25, 0.3) is 6.08 Å². The van der Waals surface area contributed by atoms with E-state index < -0.39 is 23.0 Å². The zero-order valence-corrected chi connectivity index (χ0v) is 10.7. The maximum absolute atomic E-state index is 13.5. The molecule has 2 aromatic rings. The summed E-state index contributed by atoms with van der Waals surface area (Å²) in [6, 6.07) is 5.15. The van der Waals surface area contributed by atoms with E-state index in [1.807, 2.05) is 0 Å². The standard InChI is InChI=1S/C14H11FN2O4/c15-11-6-9(1-2-13(19)20)5-10(7-11)8-17-4-3-12(18)16-14(17)21/h1-7H,8H2,(H,19,20)(H,16,18,21). The molecule has 0 bridgehead atoms. The molecule has 0 fully saturated rings. The number of H-pyrrole nitrogens is 1. The monoisotopic (exact) mass is 290 g/mol. The first-order valence-electron chi connectivity index (χ1n) is 5.94. The van der Waals surface area contributed by atoms with Gasteiger partial charge in [0.2, 0.25) is 0 Å². The number of carboxylic acids is 1. The molecule has 0 unspecified atom stereocenters. The minimum atomic E-state index is -1.14. The van der Waals surface area contributed by atoms with Crippen LogP contribution in [0.2, 0.25) is 0 Å². The van der Waals surface area contributed by atoms with E-state index in [1.54, 1.807) is 6.07 Å². The minimum Gasteiger partial charge on any atom is -0.478 e. The Labute approximate surface area is 117 Å². The summed E-state index contributed by atoms with van der Waals surface area (Å²) in [7, 11) is 0. The van der Waals surface area contributed by atoms with Gasteiger partial charge in [-0.25, -0.2) is 14.0 Å². The predicted molar refractivity (Wildman–Crippen MR) is 73.5 cm³/mol. The van der Waals surface area contributed by atoms with Crippen LogP contribution in [0.4, 0.5) is 4.39 Å². The van der Waals surface area contributed by atoms with Gasteiger partial charge in [0.1, 0.15) is 5.82 Å². The highest BCUT2D eigenvalue weighted by Crippen LogP contribution is 2.11. The molecule has 0 atom stereocenters. The van der Waals surface area contributed by atoms with E-state index in [4.69, 9.17) is 5.11 Å². The van der Waals surface area contributed by atoms with E-state index in [0.717, 1.165) is 6.08 Å². The average molecular weight is 290 g/mol. The van der Waals surface area contributed by atoms with E-state index in [1.165, 1.54) is 35.0 Å². The summed E-state index contributed by atoms with van der Waals surface area (Å²) in [6.07, 6.45) is 3.45. The maximum Gasteiger partial charge on any atom is 0.328 e. The molecule has 0 amide bonds. The molecule has 0 saturated heterocycles. The van der Waals surface area contributed by atoms with Gasteiger partial charge >= 0.3 is 11.7 Å². The van der Waals surface area contributed by atoms with Gasteiger partial charge in [-0.2, -0.15) is 0 Å². The number of halogens is 1. The van der Waals surface area contributed by atoms with Crippen molar-refractivity contribution in [2.24, 2.45) is 0 Å². The van der Waals surface area contributed by atoms with Crippen LogP contribution in [-0.2, 0) is 11.3 Å². The van der Waals surface area contributed by atoms with Gasteiger partial charge < -0.3 is 5.11 Å². The summed E-state index contributed by atoms with van der Waals surface area (Å²) in [5.41, 5.74) is -0.283. The highest BCUT2D eigenvalue weighted by atomic mass is 19.1. The van der Waals surface area contributed by atoms with Crippen molar-refractivity contribution in [2.45, 2.75) is 6.54 Å². The summed E-state index contributed by atoms with van der Waals surface area (Å²) in [4.78, 5) is 35.1. The Kier molecular flexibility index (Phi) is 4.13. The van der Waals surface area contributed by atoms with E-state index in [0.29, 0.717) is 11.1 Å². The molecule has 1 aromatic carbocycles. The second kappa shape index (κ2) is 6.00. The molecule has 7 heteroatoms. The Bertz CT molecular complexity index is 820. The highest BCUT2D eigenvalue weighted by Gasteiger charge is 2.03. The van der Waals surface area contributed by atoms with Crippen molar-refractivity contribution >= 4 is 12.0 Å². The maximum atomic E-state index is 13.5. The second-order valence-electron chi connectivity index (χ2n) is 4.30. The van der Waals surface area contributed by atoms with E-state index >= 15 is 0 Å². The molecule has 21 heavy (non-hydrogen) atoms. The fraction of sp³-hybridized carbons (Fsp3) is 0.0714. The third-order valence-corrected chi connectivity index (χ3v) is 2.65. The van der Waals surface area contributed by atoms with Crippen LogP contribution in [-0.4, -0.2) is 20.6 Å². The number of nitrogens with one attached hydrogen (secondary N) is 1. The molecule has 0 saturated carbocycles. The van der Waals surface area contributed by atoms with Crippen molar-refractivity contribution in [3.8, 4) is 0 Å². The summed E-state index contributed by atoms with van der Waals surface area (Å²) in [6.45, 7) is 0.0568. The van der Waals surface area contributed by atoms with Gasteiger partial charge in [0, 0.05) is 18.3 Å². The van der Waals surface area contributed by atoms with E-state index in [2.05, 4.69) is 4.98 Å². The molecular weight excluding hydrogens is 279 g/mol. The van der Waals surface area contributed by atoms with Gasteiger partial charge in [0.05, 0.1) is 6.54 Å². The van der Waals surface area contributed by atoms with Crippen molar-refractivity contribution < 1.29 is 14.3 Å². The number of aliphatic carboxylic acids is 1. The van der Waals surface area contributed by atoms with Gasteiger partial charge in [-0.3, -0.25) is 14.3 Å². The molecule has 0 aliphatic heterocycles. The first kappa shape index (κ1) is 14.4. The largest absolute Gasteiger partial charge is 0.478 e. The summed E-state index contributed by atoms with van der Waals surface area (Å²) < 4.78 is 14.7. The third-order valence-electron chi connectivity index (χ3n) is 2.65. The number of benzene rings is 1. The van der Waals surface area contributed by atoms with Gasteiger partial charge in [-0.05, 0) is 35.4 Å². The Morgan fingerprint density at radius 3 is 2.76 bits per heavy atom. The molecule has 0 spiro atoms. The molecule has 108 valence electrons. The molecular formula is C14H11FN2O4. The van der Waals surface area contributed by atoms with Crippen LogP contribution in [0.5, 0.6) is 0 Å². The van der Waals surface area contributed by atoms with Crippen LogP contribution < -0.4 is 11.2 Å². The van der Waals surface area contributed by atoms with E-state index in [9.17, 15) is 18.8 Å². The van der Waals surface area contributed by atoms with Crippen LogP contribution in [0.3, 0.4) is 0 Å². The van der Waals surface area contributed by atoms with E-state index in [-0.39, 0.29) is 6.54 Å². The van der Waals surface area contributed by atoms with Gasteiger partial charge in [0.25, 0.3) is 5.56 Å². The number of hydrogen-bond donors (Lipinski definition) is 2. The number of hydrogen-bond acceptors (Lipinski definition) is 3. The average Bonchev–Trinajstić information content (AvgIpc) is 2.39. The lowest BCUT2D eigenvalue weighted by molar-refractivity contribution is -0.131. The zero-order chi connectivity index (χ0) is 15.4. The van der Waals surface area contributed by atoms with Crippen molar-refractivity contribution in [3.63, 3.8) is 0 Å². The van der Waals surface area contributed by atoms with Crippen LogP contribution in [0.1, 0.15) is 11.1 Å². The minimum absolute atomic E-state index is 0.0568. The van der Waals surface area contributed by atoms with Crippen LogP contribution >= 0.6 is 0 Å². The topological polar surface area (TPSA) is 92.2 Å². The number of nitrogens with zero attached hydrogens (tertiary/aromatic N) is 1. The molecule has 0 aliphatic carbocycles. The summed E-state index contributed by atoms with van der Waals surface area (Å²) >= 11 is 0. The zero-order valence-electron chi connectivity index (χ0n) is 10.7. The van der Waals surface area contributed by atoms with Gasteiger partial charge in [-0.15, -0.1) is 0 Å². The first-order chi connectivity index (χ1) is 9.94. The molecule has 2 rings (SSSR count). The Hall–Kier alpha value is -2.96. The van der Waals surface area contributed by atoms with Gasteiger partial charge in [0.15, 0.2) is 0 Å². The van der Waals surface area contributed by atoms with Crippen LogP contribution in [0, 0.1) is 5.82 Å². The molecule has 2 N–H and O–H groups in total. The fourth-order valence-electron chi connectivity index (χ4n) is 1.80. The fourth-order valence-corrected chi connectivity index (χ4v) is 1.80. The lowest BCUT2D eigenvalue weighted by atomic mass is 10.1. The van der Waals surface area contributed by atoms with Crippen molar-refractivity contribution in [3.05, 3.63) is 74.3 Å². The second-order valence-corrected chi connectivity index (χ2v) is 4.30. The number of aromatic nitrogens is 2. The molecule has 1 aromatic heterocycles. The molecule has 0 radical (unpaired) electrons. The Morgan fingerprint density at radius 2 is 2.10 bits per heavy atom. The number of aromatic amines is 1. The summed E-state index contributed by atoms with van der Waals surface area (Å²) in [5, 5.41) is 8.55. The van der Waals surface area contributed by atoms with Gasteiger partial charge in [-0.1, -0.05) is 0 Å². The Balaban J connectivity index is 2.34. The van der Waals surface area contributed by atoms with Crippen LogP contribution in [0.15, 0.2) is 46.1 Å². The number of rotatable bonds is 4.